The molecule has 1 aliphatic rings. The third-order valence-corrected chi connectivity index (χ3v) is 4.02. The molecule has 4 heteroatoms. The molecule has 0 saturated heterocycles. The maximum absolute atomic E-state index is 5.64. The fourth-order valence-electron chi connectivity index (χ4n) is 2.26. The fourth-order valence-corrected chi connectivity index (χ4v) is 3.23. The molecule has 1 fully saturated rings. The van der Waals surface area contributed by atoms with Crippen molar-refractivity contribution in [2.75, 3.05) is 13.6 Å². The van der Waals surface area contributed by atoms with E-state index in [1.165, 1.54) is 18.4 Å². The Morgan fingerprint density at radius 3 is 2.88 bits per heavy atom. The quantitative estimate of drug-likeness (QED) is 0.791. The number of thiocarbonyl (C=S) groups is 1. The highest BCUT2D eigenvalue weighted by Gasteiger charge is 2.43. The van der Waals surface area contributed by atoms with Crippen molar-refractivity contribution in [2.24, 2.45) is 11.1 Å². The Bertz CT molecular complexity index is 355. The first-order valence-corrected chi connectivity index (χ1v) is 6.93. The SMILES string of the molecule is CN(Cc1ccsc1)CC1(CC(N)=S)CC1. The summed E-state index contributed by atoms with van der Waals surface area (Å²) in [6.07, 6.45) is 3.47. The van der Waals surface area contributed by atoms with E-state index in [1.54, 1.807) is 11.3 Å². The Morgan fingerprint density at radius 2 is 2.38 bits per heavy atom. The summed E-state index contributed by atoms with van der Waals surface area (Å²) in [5.41, 5.74) is 7.45. The molecule has 0 bridgehead atoms. The first-order valence-electron chi connectivity index (χ1n) is 5.58. The molecule has 16 heavy (non-hydrogen) atoms. The van der Waals surface area contributed by atoms with Gasteiger partial charge < -0.3 is 10.6 Å². The Hall–Kier alpha value is -0.450. The van der Waals surface area contributed by atoms with Crippen molar-refractivity contribution < 1.29 is 0 Å². The van der Waals surface area contributed by atoms with Crippen LogP contribution in [-0.4, -0.2) is 23.5 Å². The highest BCUT2D eigenvalue weighted by molar-refractivity contribution is 7.80. The average molecular weight is 254 g/mol. The maximum Gasteiger partial charge on any atom is 0.0733 e. The molecule has 1 saturated carbocycles. The van der Waals surface area contributed by atoms with Gasteiger partial charge in [-0.2, -0.15) is 11.3 Å². The number of nitrogens with two attached hydrogens (primary N) is 1. The van der Waals surface area contributed by atoms with Crippen LogP contribution in [0, 0.1) is 5.41 Å². The van der Waals surface area contributed by atoms with Gasteiger partial charge in [-0.05, 0) is 47.7 Å². The molecule has 1 aliphatic carbocycles. The largest absolute Gasteiger partial charge is 0.393 e. The summed E-state index contributed by atoms with van der Waals surface area (Å²) >= 11 is 6.77. The number of hydrogen-bond donors (Lipinski definition) is 1. The van der Waals surface area contributed by atoms with E-state index < -0.39 is 0 Å². The van der Waals surface area contributed by atoms with E-state index in [2.05, 4.69) is 28.8 Å². The molecule has 0 atom stereocenters. The highest BCUT2D eigenvalue weighted by Crippen LogP contribution is 2.49. The standard InChI is InChI=1S/C12H18N2S2/c1-14(7-10-2-5-16-8-10)9-12(3-4-12)6-11(13)15/h2,5,8H,3-4,6-7,9H2,1H3,(H2,13,15). The van der Waals surface area contributed by atoms with Crippen LogP contribution in [0.15, 0.2) is 16.8 Å². The van der Waals surface area contributed by atoms with Gasteiger partial charge in [0.1, 0.15) is 0 Å². The van der Waals surface area contributed by atoms with Crippen LogP contribution >= 0.6 is 23.6 Å². The van der Waals surface area contributed by atoms with Gasteiger partial charge in [0, 0.05) is 19.5 Å². The van der Waals surface area contributed by atoms with E-state index in [-0.39, 0.29) is 0 Å². The van der Waals surface area contributed by atoms with Crippen LogP contribution in [0.5, 0.6) is 0 Å². The number of nitrogens with zero attached hydrogens (tertiary/aromatic N) is 1. The Balaban J connectivity index is 1.83. The molecule has 88 valence electrons. The first-order chi connectivity index (χ1) is 7.60. The molecular formula is C12H18N2S2. The summed E-state index contributed by atoms with van der Waals surface area (Å²) < 4.78 is 0. The minimum atomic E-state index is 0.399. The van der Waals surface area contributed by atoms with Crippen LogP contribution in [0.25, 0.3) is 0 Å². The number of rotatable bonds is 6. The maximum atomic E-state index is 5.64. The van der Waals surface area contributed by atoms with E-state index >= 15 is 0 Å². The lowest BCUT2D eigenvalue weighted by Gasteiger charge is -2.23. The van der Waals surface area contributed by atoms with Gasteiger partial charge in [0.15, 0.2) is 0 Å². The fraction of sp³-hybridized carbons (Fsp3) is 0.583. The lowest BCUT2D eigenvalue weighted by molar-refractivity contribution is 0.260. The zero-order valence-corrected chi connectivity index (χ0v) is 11.2. The van der Waals surface area contributed by atoms with E-state index in [9.17, 15) is 0 Å². The van der Waals surface area contributed by atoms with Crippen molar-refractivity contribution in [3.63, 3.8) is 0 Å². The molecule has 0 aliphatic heterocycles. The van der Waals surface area contributed by atoms with Crippen molar-refractivity contribution in [2.45, 2.75) is 25.8 Å². The van der Waals surface area contributed by atoms with Crippen molar-refractivity contribution in [3.8, 4) is 0 Å². The van der Waals surface area contributed by atoms with Crippen molar-refractivity contribution >= 4 is 28.5 Å². The smallest absolute Gasteiger partial charge is 0.0733 e. The zero-order valence-electron chi connectivity index (χ0n) is 9.61. The van der Waals surface area contributed by atoms with Crippen LogP contribution in [0.1, 0.15) is 24.8 Å². The van der Waals surface area contributed by atoms with Gasteiger partial charge in [0.25, 0.3) is 0 Å². The Labute approximate surface area is 106 Å². The molecule has 0 unspecified atom stereocenters. The van der Waals surface area contributed by atoms with Gasteiger partial charge in [-0.3, -0.25) is 0 Å². The molecule has 2 nitrogen and oxygen atoms in total. The van der Waals surface area contributed by atoms with Gasteiger partial charge in [-0.25, -0.2) is 0 Å². The molecule has 2 N–H and O–H groups in total. The normalized spacial score (nSPS) is 17.6. The minimum Gasteiger partial charge on any atom is -0.393 e. The Kier molecular flexibility index (Phi) is 3.62. The second kappa shape index (κ2) is 4.82. The van der Waals surface area contributed by atoms with E-state index in [0.29, 0.717) is 10.4 Å². The zero-order chi connectivity index (χ0) is 11.6. The molecule has 0 radical (unpaired) electrons. The second-order valence-corrected chi connectivity index (χ2v) is 6.25. The predicted molar refractivity (Wildman–Crippen MR) is 73.7 cm³/mol. The number of hydrogen-bond acceptors (Lipinski definition) is 3. The molecule has 0 spiro atoms. The van der Waals surface area contributed by atoms with Crippen LogP contribution in [0.3, 0.4) is 0 Å². The van der Waals surface area contributed by atoms with Crippen molar-refractivity contribution in [1.29, 1.82) is 0 Å². The van der Waals surface area contributed by atoms with Crippen molar-refractivity contribution in [3.05, 3.63) is 22.4 Å². The van der Waals surface area contributed by atoms with Gasteiger partial charge in [0.2, 0.25) is 0 Å². The Morgan fingerprint density at radius 1 is 1.62 bits per heavy atom. The van der Waals surface area contributed by atoms with E-state index in [1.807, 2.05) is 0 Å². The lowest BCUT2D eigenvalue weighted by Crippen LogP contribution is -2.29. The monoisotopic (exact) mass is 254 g/mol. The van der Waals surface area contributed by atoms with Crippen LogP contribution in [-0.2, 0) is 6.54 Å². The third kappa shape index (κ3) is 3.27. The molecule has 0 amide bonds. The highest BCUT2D eigenvalue weighted by atomic mass is 32.1. The molecular weight excluding hydrogens is 236 g/mol. The van der Waals surface area contributed by atoms with E-state index in [4.69, 9.17) is 18.0 Å². The second-order valence-electron chi connectivity index (χ2n) is 4.95. The molecule has 1 heterocycles. The topological polar surface area (TPSA) is 29.3 Å². The van der Waals surface area contributed by atoms with Gasteiger partial charge >= 0.3 is 0 Å². The summed E-state index contributed by atoms with van der Waals surface area (Å²) in [5.74, 6) is 0. The van der Waals surface area contributed by atoms with Gasteiger partial charge in [0.05, 0.1) is 4.99 Å². The van der Waals surface area contributed by atoms with E-state index in [0.717, 1.165) is 19.5 Å². The summed E-state index contributed by atoms with van der Waals surface area (Å²) in [6.45, 7) is 2.14. The lowest BCUT2D eigenvalue weighted by atomic mass is 10.0. The van der Waals surface area contributed by atoms with Gasteiger partial charge in [-0.15, -0.1) is 0 Å². The summed E-state index contributed by atoms with van der Waals surface area (Å²) in [7, 11) is 2.18. The molecule has 1 aromatic rings. The van der Waals surface area contributed by atoms with Gasteiger partial charge in [-0.1, -0.05) is 12.2 Å². The van der Waals surface area contributed by atoms with Crippen LogP contribution in [0.2, 0.25) is 0 Å². The number of thiophene rings is 1. The molecule has 2 rings (SSSR count). The summed E-state index contributed by atoms with van der Waals surface area (Å²) in [4.78, 5) is 3.05. The first kappa shape index (κ1) is 12.0. The minimum absolute atomic E-state index is 0.399. The average Bonchev–Trinajstić information content (AvgIpc) is 2.74. The third-order valence-electron chi connectivity index (χ3n) is 3.14. The van der Waals surface area contributed by atoms with Crippen molar-refractivity contribution in [1.82, 2.24) is 4.90 Å². The van der Waals surface area contributed by atoms with Crippen LogP contribution < -0.4 is 5.73 Å². The molecule has 0 aromatic carbocycles. The summed E-state index contributed by atoms with van der Waals surface area (Å²) in [5, 5.41) is 4.34. The summed E-state index contributed by atoms with van der Waals surface area (Å²) in [6, 6.07) is 2.19. The molecule has 1 aromatic heterocycles. The predicted octanol–water partition coefficient (Wildman–Crippen LogP) is 2.64. The van der Waals surface area contributed by atoms with Crippen LogP contribution in [0.4, 0.5) is 0 Å².